The molecule has 4 nitrogen and oxygen atoms in total. The van der Waals surface area contributed by atoms with Crippen molar-refractivity contribution in [2.24, 2.45) is 0 Å². The summed E-state index contributed by atoms with van der Waals surface area (Å²) in [7, 11) is -3.35. The number of sulfone groups is 1. The van der Waals surface area contributed by atoms with Gasteiger partial charge in [0.25, 0.3) is 0 Å². The summed E-state index contributed by atoms with van der Waals surface area (Å²) in [5.74, 6) is -0.110. The second-order valence-electron chi connectivity index (χ2n) is 5.89. The van der Waals surface area contributed by atoms with Crippen molar-refractivity contribution < 1.29 is 13.2 Å². The molecule has 5 heteroatoms. The molecule has 116 valence electrons. The zero-order chi connectivity index (χ0) is 15.5. The Labute approximate surface area is 126 Å². The molecule has 1 amide bonds. The Balaban J connectivity index is 2.11. The number of carbonyl (C=O) groups excluding carboxylic acids is 1. The van der Waals surface area contributed by atoms with Gasteiger partial charge in [-0.1, -0.05) is 43.2 Å². The van der Waals surface area contributed by atoms with Crippen LogP contribution in [0, 0.1) is 0 Å². The van der Waals surface area contributed by atoms with Gasteiger partial charge in [-0.05, 0) is 25.3 Å². The molecular weight excluding hydrogens is 286 g/mol. The van der Waals surface area contributed by atoms with E-state index in [0.29, 0.717) is 0 Å². The molecule has 1 fully saturated rings. The Hall–Kier alpha value is -1.36. The van der Waals surface area contributed by atoms with Crippen LogP contribution >= 0.6 is 0 Å². The fourth-order valence-corrected chi connectivity index (χ4v) is 3.35. The van der Waals surface area contributed by atoms with Gasteiger partial charge >= 0.3 is 0 Å². The first-order chi connectivity index (χ1) is 9.89. The molecule has 1 saturated carbocycles. The van der Waals surface area contributed by atoms with E-state index < -0.39 is 15.1 Å². The fourth-order valence-electron chi connectivity index (χ4n) is 2.90. The summed E-state index contributed by atoms with van der Waals surface area (Å²) in [6.07, 6.45) is 5.26. The van der Waals surface area contributed by atoms with E-state index in [0.717, 1.165) is 31.9 Å². The molecule has 1 aliphatic rings. The van der Waals surface area contributed by atoms with Crippen LogP contribution in [-0.4, -0.2) is 31.9 Å². The van der Waals surface area contributed by atoms with Crippen molar-refractivity contribution in [3.8, 4) is 0 Å². The van der Waals surface area contributed by atoms with Crippen molar-refractivity contribution in [1.29, 1.82) is 0 Å². The number of carbonyl (C=O) groups is 1. The maximum Gasteiger partial charge on any atom is 0.238 e. The van der Waals surface area contributed by atoms with E-state index in [2.05, 4.69) is 17.4 Å². The third kappa shape index (κ3) is 4.06. The lowest BCUT2D eigenvalue weighted by molar-refractivity contribution is -0.121. The maximum absolute atomic E-state index is 12.1. The Morgan fingerprint density at radius 2 is 1.81 bits per heavy atom. The van der Waals surface area contributed by atoms with Gasteiger partial charge in [0.05, 0.1) is 0 Å². The second kappa shape index (κ2) is 6.60. The third-order valence-electron chi connectivity index (χ3n) is 4.33. The highest BCUT2D eigenvalue weighted by Gasteiger charge is 2.31. The van der Waals surface area contributed by atoms with Crippen LogP contribution in [0.2, 0.25) is 0 Å². The average Bonchev–Trinajstić information content (AvgIpc) is 2.47. The van der Waals surface area contributed by atoms with Crippen molar-refractivity contribution in [2.45, 2.75) is 49.8 Å². The van der Waals surface area contributed by atoms with E-state index in [1.807, 2.05) is 18.2 Å². The van der Waals surface area contributed by atoms with Crippen molar-refractivity contribution >= 4 is 15.7 Å². The SMILES string of the molecule is CC(C(=O)NC1CCCCC1c1ccccc1)S(C)(=O)=O. The normalized spacial score (nSPS) is 24.3. The van der Waals surface area contributed by atoms with Gasteiger partial charge < -0.3 is 5.32 Å². The minimum absolute atomic E-state index is 0.0258. The minimum Gasteiger partial charge on any atom is -0.352 e. The number of rotatable bonds is 4. The van der Waals surface area contributed by atoms with E-state index >= 15 is 0 Å². The zero-order valence-corrected chi connectivity index (χ0v) is 13.4. The van der Waals surface area contributed by atoms with E-state index in [9.17, 15) is 13.2 Å². The summed E-state index contributed by atoms with van der Waals surface area (Å²) >= 11 is 0. The zero-order valence-electron chi connectivity index (χ0n) is 12.6. The van der Waals surface area contributed by atoms with Gasteiger partial charge in [0.1, 0.15) is 5.25 Å². The topological polar surface area (TPSA) is 63.2 Å². The third-order valence-corrected chi connectivity index (χ3v) is 5.83. The highest BCUT2D eigenvalue weighted by molar-refractivity contribution is 7.92. The van der Waals surface area contributed by atoms with E-state index in [-0.39, 0.29) is 17.9 Å². The summed E-state index contributed by atoms with van der Waals surface area (Å²) in [5, 5.41) is 1.97. The molecule has 0 aliphatic heterocycles. The molecule has 0 radical (unpaired) electrons. The van der Waals surface area contributed by atoms with Crippen LogP contribution < -0.4 is 5.32 Å². The molecule has 21 heavy (non-hydrogen) atoms. The summed E-state index contributed by atoms with van der Waals surface area (Å²) in [5.41, 5.74) is 1.22. The largest absolute Gasteiger partial charge is 0.352 e. The molecule has 0 saturated heterocycles. The predicted molar refractivity (Wildman–Crippen MR) is 83.9 cm³/mol. The fraction of sp³-hybridized carbons (Fsp3) is 0.562. The lowest BCUT2D eigenvalue weighted by Crippen LogP contribution is -2.46. The van der Waals surface area contributed by atoms with Gasteiger partial charge in [-0.15, -0.1) is 0 Å². The second-order valence-corrected chi connectivity index (χ2v) is 8.25. The van der Waals surface area contributed by atoms with Crippen molar-refractivity contribution in [2.75, 3.05) is 6.26 Å². The van der Waals surface area contributed by atoms with E-state index in [4.69, 9.17) is 0 Å². The van der Waals surface area contributed by atoms with Gasteiger partial charge in [0, 0.05) is 18.2 Å². The quantitative estimate of drug-likeness (QED) is 0.928. The van der Waals surface area contributed by atoms with Crippen molar-refractivity contribution in [3.63, 3.8) is 0 Å². The van der Waals surface area contributed by atoms with Gasteiger partial charge in [0.15, 0.2) is 9.84 Å². The highest BCUT2D eigenvalue weighted by atomic mass is 32.2. The van der Waals surface area contributed by atoms with Gasteiger partial charge in [-0.25, -0.2) is 8.42 Å². The van der Waals surface area contributed by atoms with Gasteiger partial charge in [-0.3, -0.25) is 4.79 Å². The van der Waals surface area contributed by atoms with Crippen LogP contribution in [0.1, 0.15) is 44.1 Å². The molecule has 0 spiro atoms. The number of amides is 1. The molecule has 1 aromatic carbocycles. The first kappa shape index (κ1) is 16.0. The minimum atomic E-state index is -3.35. The monoisotopic (exact) mass is 309 g/mol. The summed E-state index contributed by atoms with van der Waals surface area (Å²) in [6, 6.07) is 10.2. The highest BCUT2D eigenvalue weighted by Crippen LogP contribution is 2.33. The van der Waals surface area contributed by atoms with E-state index in [1.54, 1.807) is 0 Å². The predicted octanol–water partition coefficient (Wildman–Crippen LogP) is 2.26. The molecular formula is C16H23NO3S. The standard InChI is InChI=1S/C16H23NO3S/c1-12(21(2,19)20)16(18)17-15-11-7-6-10-14(15)13-8-4-3-5-9-13/h3-5,8-9,12,14-15H,6-7,10-11H2,1-2H3,(H,17,18). The molecule has 1 aromatic rings. The first-order valence-corrected chi connectivity index (χ1v) is 9.39. The number of benzene rings is 1. The van der Waals surface area contributed by atoms with Crippen molar-refractivity contribution in [1.82, 2.24) is 5.32 Å². The number of hydrogen-bond donors (Lipinski definition) is 1. The van der Waals surface area contributed by atoms with E-state index in [1.165, 1.54) is 12.5 Å². The average molecular weight is 309 g/mol. The Kier molecular flexibility index (Phi) is 5.04. The van der Waals surface area contributed by atoms with Crippen molar-refractivity contribution in [3.05, 3.63) is 35.9 Å². The Morgan fingerprint density at radius 1 is 1.19 bits per heavy atom. The van der Waals surface area contributed by atoms with Crippen LogP contribution in [0.25, 0.3) is 0 Å². The maximum atomic E-state index is 12.1. The molecule has 1 aliphatic carbocycles. The van der Waals surface area contributed by atoms with Gasteiger partial charge in [-0.2, -0.15) is 0 Å². The molecule has 0 heterocycles. The Morgan fingerprint density at radius 3 is 2.43 bits per heavy atom. The lowest BCUT2D eigenvalue weighted by atomic mass is 9.80. The lowest BCUT2D eigenvalue weighted by Gasteiger charge is -2.33. The van der Waals surface area contributed by atoms with Gasteiger partial charge in [0.2, 0.25) is 5.91 Å². The number of nitrogens with one attached hydrogen (secondary N) is 1. The van der Waals surface area contributed by atoms with Crippen LogP contribution in [0.15, 0.2) is 30.3 Å². The summed E-state index contributed by atoms with van der Waals surface area (Å²) in [6.45, 7) is 1.45. The molecule has 2 rings (SSSR count). The summed E-state index contributed by atoms with van der Waals surface area (Å²) < 4.78 is 23.0. The van der Waals surface area contributed by atoms with Crippen LogP contribution in [0.4, 0.5) is 0 Å². The van der Waals surface area contributed by atoms with Crippen LogP contribution in [0.3, 0.4) is 0 Å². The smallest absolute Gasteiger partial charge is 0.238 e. The molecule has 0 aromatic heterocycles. The Bertz CT molecular complexity index is 583. The van der Waals surface area contributed by atoms with Crippen LogP contribution in [-0.2, 0) is 14.6 Å². The summed E-state index contributed by atoms with van der Waals surface area (Å²) in [4.78, 5) is 12.1. The molecule has 3 unspecified atom stereocenters. The number of hydrogen-bond acceptors (Lipinski definition) is 3. The molecule has 0 bridgehead atoms. The van der Waals surface area contributed by atoms with Crippen LogP contribution in [0.5, 0.6) is 0 Å². The molecule has 3 atom stereocenters. The first-order valence-electron chi connectivity index (χ1n) is 7.44. The molecule has 1 N–H and O–H groups in total.